The minimum atomic E-state index is -0.784. The van der Waals surface area contributed by atoms with Crippen molar-refractivity contribution in [2.24, 2.45) is 0 Å². The Morgan fingerprint density at radius 1 is 0.259 bits per heavy atom. The van der Waals surface area contributed by atoms with Gasteiger partial charge in [0.15, 0.2) is 0 Å². The van der Waals surface area contributed by atoms with Gasteiger partial charge in [-0.15, -0.1) is 0 Å². The first-order valence-electron chi connectivity index (χ1n) is 46.4. The molecule has 4 rings (SSSR count). The summed E-state index contributed by atoms with van der Waals surface area (Å²) in [5.74, 6) is -1.65. The lowest BCUT2D eigenvalue weighted by atomic mass is 10.0. The topological polar surface area (TPSA) is 231 Å². The van der Waals surface area contributed by atoms with Gasteiger partial charge in [-0.25, -0.2) is 4.79 Å². The molecule has 19 heteroatoms. The number of carbonyl (C=O) groups excluding carboxylic acids is 4. The van der Waals surface area contributed by atoms with Gasteiger partial charge < -0.3 is 58.6 Å². The van der Waals surface area contributed by atoms with Gasteiger partial charge in [-0.1, -0.05) is 362 Å². The number of nitro benzene ring substituents is 1. The van der Waals surface area contributed by atoms with Crippen LogP contribution in [0.15, 0.2) is 48.5 Å². The van der Waals surface area contributed by atoms with E-state index in [-0.39, 0.29) is 92.8 Å². The lowest BCUT2D eigenvalue weighted by molar-refractivity contribution is -0.385. The van der Waals surface area contributed by atoms with Crippen molar-refractivity contribution >= 4 is 46.4 Å². The van der Waals surface area contributed by atoms with E-state index < -0.39 is 34.3 Å². The van der Waals surface area contributed by atoms with E-state index >= 15 is 9.59 Å². The Morgan fingerprint density at radius 3 is 0.724 bits per heavy atom. The fourth-order valence-electron chi connectivity index (χ4n) is 15.1. The molecule has 19 nitrogen and oxygen atoms in total. The Kier molecular flexibility index (Phi) is 57.8. The van der Waals surface area contributed by atoms with Crippen molar-refractivity contribution in [3.63, 3.8) is 0 Å². The number of methoxy groups -OCH3 is 5. The van der Waals surface area contributed by atoms with Crippen LogP contribution in [0.5, 0.6) is 46.0 Å². The summed E-state index contributed by atoms with van der Waals surface area (Å²) < 4.78 is 54.2. The summed E-state index contributed by atoms with van der Waals surface area (Å²) in [4.78, 5) is 70.7. The molecule has 0 fully saturated rings. The molecule has 0 atom stereocenters. The largest absolute Gasteiger partial charge is 0.496 e. The van der Waals surface area contributed by atoms with E-state index in [1.54, 1.807) is 12.1 Å². The van der Waals surface area contributed by atoms with Crippen molar-refractivity contribution in [3.05, 3.63) is 80.9 Å². The highest BCUT2D eigenvalue weighted by Gasteiger charge is 2.29. The summed E-state index contributed by atoms with van der Waals surface area (Å²) in [5, 5.41) is 21.3. The van der Waals surface area contributed by atoms with E-state index in [1.807, 2.05) is 0 Å². The van der Waals surface area contributed by atoms with Gasteiger partial charge in [0.05, 0.1) is 101 Å². The zero-order chi connectivity index (χ0) is 83.7. The van der Waals surface area contributed by atoms with E-state index in [4.69, 9.17) is 42.6 Å². The molecular formula is C97H158N4O15. The maximum atomic E-state index is 15.4. The number of hydrogen-bond donors (Lipinski definition) is 3. The summed E-state index contributed by atoms with van der Waals surface area (Å²) in [5.41, 5.74) is -0.165. The van der Waals surface area contributed by atoms with Crippen molar-refractivity contribution in [3.8, 4) is 46.0 Å². The van der Waals surface area contributed by atoms with Crippen LogP contribution in [0.2, 0.25) is 0 Å². The van der Waals surface area contributed by atoms with Crippen molar-refractivity contribution in [2.45, 2.75) is 387 Å². The first-order valence-corrected chi connectivity index (χ1v) is 46.4. The third kappa shape index (κ3) is 42.8. The smallest absolute Gasteiger partial charge is 0.341 e. The Hall–Kier alpha value is -7.44. The quantitative estimate of drug-likeness (QED) is 0.0161. The first-order chi connectivity index (χ1) is 56.8. The van der Waals surface area contributed by atoms with Crippen molar-refractivity contribution in [2.75, 3.05) is 77.9 Å². The summed E-state index contributed by atoms with van der Waals surface area (Å²) >= 11 is 0. The molecular weight excluding hydrogens is 1460 g/mol. The van der Waals surface area contributed by atoms with Crippen LogP contribution < -0.4 is 53.8 Å². The van der Waals surface area contributed by atoms with Crippen molar-refractivity contribution in [1.29, 1.82) is 0 Å². The Bertz CT molecular complexity index is 3290. The summed E-state index contributed by atoms with van der Waals surface area (Å²) in [6.45, 7) is 10.3. The molecule has 0 aliphatic rings. The number of carbonyl (C=O) groups is 4. The van der Waals surface area contributed by atoms with Crippen LogP contribution >= 0.6 is 0 Å². The highest BCUT2D eigenvalue weighted by atomic mass is 16.6. The first kappa shape index (κ1) is 101. The summed E-state index contributed by atoms with van der Waals surface area (Å²) in [6.07, 6.45) is 67.3. The van der Waals surface area contributed by atoms with Crippen LogP contribution in [0.1, 0.15) is 429 Å². The standard InChI is InChI=1S/C97H158N4O15/c1-10-14-18-22-26-30-34-38-42-46-50-54-58-62-66-113-88-76-91(115-68-64-60-56-52-48-44-40-36-32-28-24-20-16-12-3)83(99-96(104)80-73-85(101(106)107)93(111-8)75-87(80)109-6)71-79(88)95(103)98-82-70-78(86(108-5)74-90(82)110-7)94(102)100-84-72-81(97(105)112-9)89(114-67-63-59-55-51-47-43-39-35-31-27-23-19-15-11-2)77-92(84)116-69-65-61-57-53-49-45-41-37-33-29-25-21-17-13-4/h70-77H,10-69H2,1-9H3,(H,98,103)(H,99,104)(H,100,102). The number of nitrogens with one attached hydrogen (secondary N) is 3. The van der Waals surface area contributed by atoms with Crippen LogP contribution in [0, 0.1) is 10.1 Å². The van der Waals surface area contributed by atoms with E-state index in [1.165, 1.54) is 329 Å². The van der Waals surface area contributed by atoms with Gasteiger partial charge in [0.1, 0.15) is 45.8 Å². The minimum Gasteiger partial charge on any atom is -0.496 e. The molecule has 4 aromatic rings. The molecule has 0 aliphatic carbocycles. The third-order valence-electron chi connectivity index (χ3n) is 22.3. The van der Waals surface area contributed by atoms with E-state index in [0.29, 0.717) is 31.8 Å². The monoisotopic (exact) mass is 1620 g/mol. The molecule has 0 heterocycles. The normalized spacial score (nSPS) is 11.2. The highest BCUT2D eigenvalue weighted by molar-refractivity contribution is 6.13. The van der Waals surface area contributed by atoms with Gasteiger partial charge in [-0.2, -0.15) is 0 Å². The van der Waals surface area contributed by atoms with E-state index in [0.717, 1.165) is 89.5 Å². The molecule has 0 aliphatic heterocycles. The molecule has 0 bridgehead atoms. The number of nitro groups is 1. The molecule has 116 heavy (non-hydrogen) atoms. The average Bonchev–Trinajstić information content (AvgIpc) is 0.792. The Balaban J connectivity index is 1.68. The summed E-state index contributed by atoms with van der Waals surface area (Å²) in [7, 11) is 6.81. The van der Waals surface area contributed by atoms with Crippen LogP contribution in [0.25, 0.3) is 0 Å². The second-order valence-corrected chi connectivity index (χ2v) is 32.1. The maximum absolute atomic E-state index is 15.4. The predicted octanol–water partition coefficient (Wildman–Crippen LogP) is 28.6. The highest BCUT2D eigenvalue weighted by Crippen LogP contribution is 2.41. The van der Waals surface area contributed by atoms with Crippen molar-refractivity contribution in [1.82, 2.24) is 0 Å². The molecule has 0 saturated carbocycles. The minimum absolute atomic E-state index is 0.00344. The number of ether oxygens (including phenoxy) is 9. The third-order valence-corrected chi connectivity index (χ3v) is 22.3. The number of nitrogens with zero attached hydrogens (tertiary/aromatic N) is 1. The second kappa shape index (κ2) is 66.5. The molecule has 0 aromatic heterocycles. The molecule has 0 saturated heterocycles. The SMILES string of the molecule is CCCCCCCCCCCCCCCCOc1cc(OCCCCCCCCCCCCCCCC)c(C(=O)Nc2cc(C(=O)Nc3cc(C(=O)OC)c(OCCCCCCCCCCCCCCCC)cc3OCCCCCCCCCCCCCCCC)c(OC)cc2OC)cc1NC(=O)c1cc([N+](=O)[O-])c(OC)cc1OC. The molecule has 4 aromatic carbocycles. The van der Waals surface area contributed by atoms with Crippen LogP contribution in [-0.2, 0) is 4.74 Å². The molecule has 3 amide bonds. The molecule has 0 radical (unpaired) electrons. The number of anilines is 3. The predicted molar refractivity (Wildman–Crippen MR) is 477 cm³/mol. The number of benzene rings is 4. The van der Waals surface area contributed by atoms with Gasteiger partial charge in [-0.05, 0) is 43.9 Å². The number of hydrogen-bond acceptors (Lipinski definition) is 15. The number of esters is 1. The lowest BCUT2D eigenvalue weighted by Gasteiger charge is -2.20. The lowest BCUT2D eigenvalue weighted by Crippen LogP contribution is -2.19. The Morgan fingerprint density at radius 2 is 0.466 bits per heavy atom. The van der Waals surface area contributed by atoms with Crippen LogP contribution in [-0.4, -0.2) is 90.6 Å². The average molecular weight is 1620 g/mol. The van der Waals surface area contributed by atoms with Gasteiger partial charge >= 0.3 is 11.7 Å². The van der Waals surface area contributed by atoms with Gasteiger partial charge in [0.2, 0.25) is 5.75 Å². The Labute approximate surface area is 701 Å². The number of unbranched alkanes of at least 4 members (excludes halogenated alkanes) is 52. The molecule has 0 spiro atoms. The van der Waals surface area contributed by atoms with Gasteiger partial charge in [0, 0.05) is 30.3 Å². The van der Waals surface area contributed by atoms with Gasteiger partial charge in [-0.3, -0.25) is 24.5 Å². The molecule has 656 valence electrons. The van der Waals surface area contributed by atoms with E-state index in [2.05, 4.69) is 43.6 Å². The van der Waals surface area contributed by atoms with Crippen molar-refractivity contribution < 1.29 is 66.7 Å². The fourth-order valence-corrected chi connectivity index (χ4v) is 15.1. The maximum Gasteiger partial charge on any atom is 0.341 e. The molecule has 0 unspecified atom stereocenters. The fraction of sp³-hybridized carbons (Fsp3) is 0.711. The number of amides is 3. The zero-order valence-electron chi connectivity index (χ0n) is 74.1. The van der Waals surface area contributed by atoms with Crippen LogP contribution in [0.3, 0.4) is 0 Å². The van der Waals surface area contributed by atoms with Gasteiger partial charge in [0.25, 0.3) is 17.7 Å². The number of rotatable bonds is 76. The zero-order valence-corrected chi connectivity index (χ0v) is 74.1. The van der Waals surface area contributed by atoms with Crippen LogP contribution in [0.4, 0.5) is 22.7 Å². The second-order valence-electron chi connectivity index (χ2n) is 32.1. The summed E-state index contributed by atoms with van der Waals surface area (Å²) in [6, 6.07) is 11.6. The van der Waals surface area contributed by atoms with E-state index in [9.17, 15) is 19.7 Å². The molecule has 3 N–H and O–H groups in total.